The van der Waals surface area contributed by atoms with Crippen molar-refractivity contribution < 1.29 is 28.6 Å². The molecule has 5 heterocycles. The molecule has 14 nitrogen and oxygen atoms in total. The predicted octanol–water partition coefficient (Wildman–Crippen LogP) is 4.67. The van der Waals surface area contributed by atoms with Crippen LogP contribution in [0.2, 0.25) is 5.02 Å². The van der Waals surface area contributed by atoms with Gasteiger partial charge in [-0.05, 0) is 57.2 Å². The van der Waals surface area contributed by atoms with Gasteiger partial charge in [-0.15, -0.1) is 21.5 Å². The number of carbonyl (C=O) groups excluding carboxylic acids is 3. The van der Waals surface area contributed by atoms with E-state index in [0.29, 0.717) is 81.7 Å². The molecule has 2 aromatic heterocycles. The van der Waals surface area contributed by atoms with Crippen LogP contribution >= 0.6 is 34.7 Å². The lowest BCUT2D eigenvalue weighted by Gasteiger charge is -2.16. The fourth-order valence-electron chi connectivity index (χ4n) is 6.88. The van der Waals surface area contributed by atoms with Gasteiger partial charge < -0.3 is 35.5 Å². The fourth-order valence-corrected chi connectivity index (χ4v) is 9.69. The SMILES string of the molecule is Cc1sc2c(c1C)C(c1ccc(Cl)cc1)=NC(CC(=O)NCCCOCCOCCOCCCNC(=O)CCCC[C@H]1SC[C@H]3NC(=O)N[C@H]31)c1nncn1-2. The number of unbranched alkanes of at least 4 members (excludes halogenated alkanes) is 1. The van der Waals surface area contributed by atoms with Crippen LogP contribution in [0.3, 0.4) is 0 Å². The average molecular weight is 815 g/mol. The number of aliphatic imine (C=N–C) groups is 1. The first-order valence-electron chi connectivity index (χ1n) is 19.1. The van der Waals surface area contributed by atoms with Gasteiger partial charge in [-0.1, -0.05) is 30.2 Å². The minimum Gasteiger partial charge on any atom is -0.379 e. The number of urea groups is 1. The summed E-state index contributed by atoms with van der Waals surface area (Å²) in [6.45, 7) is 8.17. The molecule has 1 aromatic carbocycles. The normalized spacial score (nSPS) is 19.8. The Morgan fingerprint density at radius 3 is 2.35 bits per heavy atom. The molecular formula is C38H51ClN8O6S2. The zero-order valence-electron chi connectivity index (χ0n) is 31.4. The number of nitrogens with one attached hydrogen (secondary N) is 4. The molecule has 4 N–H and O–H groups in total. The van der Waals surface area contributed by atoms with Gasteiger partial charge in [0, 0.05) is 64.8 Å². The second-order valence-electron chi connectivity index (χ2n) is 13.8. The lowest BCUT2D eigenvalue weighted by Crippen LogP contribution is -2.36. The Morgan fingerprint density at radius 1 is 0.927 bits per heavy atom. The molecule has 0 radical (unpaired) electrons. The first-order valence-corrected chi connectivity index (χ1v) is 21.3. The monoisotopic (exact) mass is 814 g/mol. The summed E-state index contributed by atoms with van der Waals surface area (Å²) < 4.78 is 18.8. The first kappa shape index (κ1) is 41.1. The van der Waals surface area contributed by atoms with E-state index in [4.69, 9.17) is 30.8 Å². The van der Waals surface area contributed by atoms with Crippen LogP contribution in [0.4, 0.5) is 4.79 Å². The lowest BCUT2D eigenvalue weighted by atomic mass is 9.99. The van der Waals surface area contributed by atoms with Crippen LogP contribution in [0.1, 0.15) is 78.4 Å². The third-order valence-electron chi connectivity index (χ3n) is 9.88. The van der Waals surface area contributed by atoms with E-state index in [1.165, 1.54) is 4.88 Å². The Kier molecular flexibility index (Phi) is 15.4. The minimum atomic E-state index is -0.510. The van der Waals surface area contributed by atoms with Crippen molar-refractivity contribution >= 4 is 58.3 Å². The van der Waals surface area contributed by atoms with Crippen LogP contribution in [0.25, 0.3) is 5.00 Å². The third-order valence-corrected chi connectivity index (χ3v) is 12.8. The van der Waals surface area contributed by atoms with Gasteiger partial charge in [-0.2, -0.15) is 11.8 Å². The van der Waals surface area contributed by atoms with Gasteiger partial charge in [-0.3, -0.25) is 19.1 Å². The second kappa shape index (κ2) is 20.6. The van der Waals surface area contributed by atoms with E-state index in [1.807, 2.05) is 40.6 Å². The summed E-state index contributed by atoms with van der Waals surface area (Å²) in [5.74, 6) is 1.54. The number of thioether (sulfide) groups is 1. The average Bonchev–Trinajstić information content (AvgIpc) is 3.94. The highest BCUT2D eigenvalue weighted by atomic mass is 35.5. The topological polar surface area (TPSA) is 170 Å². The molecule has 17 heteroatoms. The highest BCUT2D eigenvalue weighted by molar-refractivity contribution is 8.00. The molecule has 4 atom stereocenters. The molecule has 0 saturated carbocycles. The van der Waals surface area contributed by atoms with Gasteiger partial charge >= 0.3 is 6.03 Å². The van der Waals surface area contributed by atoms with E-state index in [9.17, 15) is 14.4 Å². The number of aromatic nitrogens is 3. The van der Waals surface area contributed by atoms with Gasteiger partial charge in [0.2, 0.25) is 11.8 Å². The Bertz CT molecular complexity index is 1790. The standard InChI is InChI=1S/C38H51ClN8O6S2/c1-24-25(2)55-37-33(24)34(26-9-11-27(39)12-10-26)43-28(36-46-42-23-47(36)37)21-32(49)41-14-6-16-52-18-20-53-19-17-51-15-5-13-40-31(48)8-4-3-7-30-35-29(22-54-30)44-38(50)45-35/h9-12,23,28-30,35H,3-8,13-22H2,1-2H3,(H,40,48)(H,41,49)(H2,44,45,50)/t28?,29-,30-,35-/m1/s1. The maximum Gasteiger partial charge on any atom is 0.315 e. The summed E-state index contributed by atoms with van der Waals surface area (Å²) in [6, 6.07) is 7.51. The highest BCUT2D eigenvalue weighted by Gasteiger charge is 2.42. The molecule has 4 amide bonds. The van der Waals surface area contributed by atoms with Crippen LogP contribution in [0, 0.1) is 13.8 Å². The number of fused-ring (bicyclic) bond motifs is 4. The van der Waals surface area contributed by atoms with Crippen molar-refractivity contribution in [3.63, 3.8) is 0 Å². The van der Waals surface area contributed by atoms with E-state index in [2.05, 4.69) is 45.3 Å². The molecule has 3 aliphatic rings. The molecule has 1 unspecified atom stereocenters. The summed E-state index contributed by atoms with van der Waals surface area (Å²) in [5, 5.41) is 22.6. The first-order chi connectivity index (χ1) is 26.8. The molecule has 0 spiro atoms. The second-order valence-corrected chi connectivity index (χ2v) is 16.8. The largest absolute Gasteiger partial charge is 0.379 e. The van der Waals surface area contributed by atoms with Gasteiger partial charge in [0.1, 0.15) is 17.4 Å². The van der Waals surface area contributed by atoms with Crippen LogP contribution in [-0.2, 0) is 23.8 Å². The number of aryl methyl sites for hydroxylation is 1. The number of hydrogen-bond donors (Lipinski definition) is 4. The lowest BCUT2D eigenvalue weighted by molar-refractivity contribution is -0.122. The van der Waals surface area contributed by atoms with Gasteiger partial charge in [0.05, 0.1) is 50.6 Å². The van der Waals surface area contributed by atoms with Gasteiger partial charge in [0.25, 0.3) is 0 Å². The summed E-state index contributed by atoms with van der Waals surface area (Å²) in [6.07, 6.45) is 6.60. The van der Waals surface area contributed by atoms with Gasteiger partial charge in [-0.25, -0.2) is 4.79 Å². The smallest absolute Gasteiger partial charge is 0.315 e. The van der Waals surface area contributed by atoms with E-state index in [-0.39, 0.29) is 36.3 Å². The number of hydrogen-bond acceptors (Lipinski definition) is 11. The molecule has 3 aliphatic heterocycles. The number of thiophene rings is 1. The van der Waals surface area contributed by atoms with Gasteiger partial charge in [0.15, 0.2) is 5.82 Å². The minimum absolute atomic E-state index is 0.0608. The summed E-state index contributed by atoms with van der Waals surface area (Å²) >= 11 is 9.76. The number of rotatable bonds is 22. The van der Waals surface area contributed by atoms with E-state index in [1.54, 1.807) is 17.7 Å². The molecule has 55 heavy (non-hydrogen) atoms. The number of carbonyl (C=O) groups is 3. The summed E-state index contributed by atoms with van der Waals surface area (Å²) in [7, 11) is 0. The van der Waals surface area contributed by atoms with Crippen molar-refractivity contribution in [2.24, 2.45) is 4.99 Å². The van der Waals surface area contributed by atoms with Crippen molar-refractivity contribution in [1.82, 2.24) is 36.0 Å². The Hall–Kier alpha value is -3.54. The van der Waals surface area contributed by atoms with E-state index >= 15 is 0 Å². The number of benzene rings is 1. The maximum atomic E-state index is 13.1. The molecule has 3 aromatic rings. The Labute approximate surface area is 335 Å². The number of amides is 4. The van der Waals surface area contributed by atoms with Crippen LogP contribution in [0.15, 0.2) is 35.6 Å². The molecule has 298 valence electrons. The quantitative estimate of drug-likeness (QED) is 0.0832. The van der Waals surface area contributed by atoms with Crippen molar-refractivity contribution in [3.05, 3.63) is 63.0 Å². The van der Waals surface area contributed by atoms with Crippen molar-refractivity contribution in [2.75, 3.05) is 58.5 Å². The maximum absolute atomic E-state index is 13.1. The predicted molar refractivity (Wildman–Crippen MR) is 215 cm³/mol. The highest BCUT2D eigenvalue weighted by Crippen LogP contribution is 2.39. The van der Waals surface area contributed by atoms with Crippen LogP contribution in [-0.4, -0.2) is 114 Å². The third kappa shape index (κ3) is 11.3. The molecule has 6 rings (SSSR count). The molecule has 0 aliphatic carbocycles. The molecule has 2 fully saturated rings. The molecular weight excluding hydrogens is 764 g/mol. The summed E-state index contributed by atoms with van der Waals surface area (Å²) in [4.78, 5) is 43.0. The Balaban J connectivity index is 0.773. The zero-order chi connectivity index (χ0) is 38.6. The van der Waals surface area contributed by atoms with Crippen LogP contribution in [0.5, 0.6) is 0 Å². The van der Waals surface area contributed by atoms with Crippen molar-refractivity contribution in [3.8, 4) is 5.00 Å². The number of halogens is 1. The fraction of sp³-hybridized carbons (Fsp3) is 0.579. The number of ether oxygens (including phenoxy) is 3. The van der Waals surface area contributed by atoms with Crippen LogP contribution < -0.4 is 21.3 Å². The van der Waals surface area contributed by atoms with E-state index < -0.39 is 6.04 Å². The molecule has 0 bridgehead atoms. The molecule has 2 saturated heterocycles. The van der Waals surface area contributed by atoms with E-state index in [0.717, 1.165) is 58.8 Å². The summed E-state index contributed by atoms with van der Waals surface area (Å²) in [5.41, 5.74) is 3.91. The van der Waals surface area contributed by atoms with Crippen molar-refractivity contribution in [1.29, 1.82) is 0 Å². The Morgan fingerprint density at radius 2 is 1.62 bits per heavy atom. The number of nitrogens with zero attached hydrogens (tertiary/aromatic N) is 4. The zero-order valence-corrected chi connectivity index (χ0v) is 33.8. The van der Waals surface area contributed by atoms with Crippen molar-refractivity contribution in [2.45, 2.75) is 82.2 Å².